The van der Waals surface area contributed by atoms with Crippen LogP contribution in [0.5, 0.6) is 0 Å². The van der Waals surface area contributed by atoms with E-state index in [1.807, 2.05) is 44.4 Å². The number of esters is 1. The highest BCUT2D eigenvalue weighted by atomic mass is 32.2. The number of aromatic nitrogens is 4. The maximum atomic E-state index is 13.0. The molecule has 162 valence electrons. The number of ether oxygens (including phenoxy) is 1. The first-order valence-electron chi connectivity index (χ1n) is 10.2. The number of aryl methyl sites for hydroxylation is 3. The molecule has 4 rings (SSSR count). The number of rotatable bonds is 5. The van der Waals surface area contributed by atoms with Crippen LogP contribution in [0.4, 0.5) is 5.69 Å². The topological polar surface area (TPSA) is 89.7 Å². The van der Waals surface area contributed by atoms with Crippen molar-refractivity contribution in [1.29, 1.82) is 0 Å². The summed E-state index contributed by atoms with van der Waals surface area (Å²) in [7, 11) is 0. The zero-order valence-electron chi connectivity index (χ0n) is 18.1. The van der Waals surface area contributed by atoms with Crippen molar-refractivity contribution in [2.45, 2.75) is 51.3 Å². The van der Waals surface area contributed by atoms with Gasteiger partial charge >= 0.3 is 5.97 Å². The van der Waals surface area contributed by atoms with Gasteiger partial charge in [-0.1, -0.05) is 30.0 Å². The lowest BCUT2D eigenvalue weighted by Gasteiger charge is -2.31. The fourth-order valence-electron chi connectivity index (χ4n) is 3.95. The molecule has 9 heteroatoms. The molecule has 1 amide bonds. The maximum Gasteiger partial charge on any atom is 0.311 e. The van der Waals surface area contributed by atoms with Gasteiger partial charge in [0.1, 0.15) is 0 Å². The molecule has 0 unspecified atom stereocenters. The van der Waals surface area contributed by atoms with Crippen molar-refractivity contribution in [3.05, 3.63) is 46.8 Å². The van der Waals surface area contributed by atoms with Crippen molar-refractivity contribution in [2.24, 2.45) is 0 Å². The van der Waals surface area contributed by atoms with E-state index < -0.39 is 12.1 Å². The van der Waals surface area contributed by atoms with Crippen LogP contribution in [-0.2, 0) is 27.2 Å². The summed E-state index contributed by atoms with van der Waals surface area (Å²) in [5.41, 5.74) is 4.27. The number of thioether (sulfide) groups is 1. The van der Waals surface area contributed by atoms with Crippen molar-refractivity contribution in [3.63, 3.8) is 0 Å². The summed E-state index contributed by atoms with van der Waals surface area (Å²) in [5.74, 6) is -0.170. The van der Waals surface area contributed by atoms with Crippen LogP contribution >= 0.6 is 11.8 Å². The average molecular weight is 440 g/mol. The molecule has 1 aliphatic rings. The number of benzene rings is 1. The number of hydrogen-bond acceptors (Lipinski definition) is 7. The van der Waals surface area contributed by atoms with E-state index in [9.17, 15) is 9.59 Å². The molecule has 3 heterocycles. The smallest absolute Gasteiger partial charge is 0.311 e. The van der Waals surface area contributed by atoms with Crippen LogP contribution in [0, 0.1) is 13.8 Å². The molecule has 0 N–H and O–H groups in total. The van der Waals surface area contributed by atoms with E-state index in [0.29, 0.717) is 23.2 Å². The van der Waals surface area contributed by atoms with E-state index in [1.54, 1.807) is 16.3 Å². The van der Waals surface area contributed by atoms with Crippen LogP contribution in [0.2, 0.25) is 0 Å². The zero-order valence-corrected chi connectivity index (χ0v) is 18.9. The number of hydrogen-bond donors (Lipinski definition) is 0. The molecule has 8 nitrogen and oxygen atoms in total. The quantitative estimate of drug-likeness (QED) is 0.446. The molecule has 0 saturated carbocycles. The van der Waals surface area contributed by atoms with Gasteiger partial charge in [0.15, 0.2) is 6.10 Å². The lowest BCUT2D eigenvalue weighted by molar-refractivity contribution is -0.153. The highest BCUT2D eigenvalue weighted by Crippen LogP contribution is 2.27. The van der Waals surface area contributed by atoms with Crippen LogP contribution in [0.3, 0.4) is 0 Å². The fraction of sp³-hybridized carbons (Fsp3) is 0.409. The summed E-state index contributed by atoms with van der Waals surface area (Å²) in [6.07, 6.45) is 2.88. The Labute approximate surface area is 185 Å². The van der Waals surface area contributed by atoms with Crippen molar-refractivity contribution < 1.29 is 14.3 Å². The lowest BCUT2D eigenvalue weighted by Crippen LogP contribution is -2.43. The SMILES string of the molecule is CSc1nc2nc(C)c(CC(=O)O[C@H](C)C(=O)N3CCCc4ccccc43)c(C)n2n1. The number of anilines is 1. The summed E-state index contributed by atoms with van der Waals surface area (Å²) in [6, 6.07) is 7.87. The van der Waals surface area contributed by atoms with Gasteiger partial charge in [-0.2, -0.15) is 4.98 Å². The second-order valence-corrected chi connectivity index (χ2v) is 8.38. The predicted molar refractivity (Wildman–Crippen MR) is 118 cm³/mol. The molecule has 0 spiro atoms. The number of para-hydroxylation sites is 1. The van der Waals surface area contributed by atoms with E-state index in [1.165, 1.54) is 11.8 Å². The Morgan fingerprint density at radius 3 is 2.77 bits per heavy atom. The first kappa shape index (κ1) is 21.3. The summed E-state index contributed by atoms with van der Waals surface area (Å²) < 4.78 is 7.17. The third-order valence-corrected chi connectivity index (χ3v) is 6.10. The lowest BCUT2D eigenvalue weighted by atomic mass is 10.0. The summed E-state index contributed by atoms with van der Waals surface area (Å²) in [4.78, 5) is 36.2. The van der Waals surface area contributed by atoms with Crippen LogP contribution in [-0.4, -0.2) is 50.4 Å². The Hall–Kier alpha value is -2.94. The Morgan fingerprint density at radius 1 is 1.23 bits per heavy atom. The molecule has 0 radical (unpaired) electrons. The number of nitrogens with zero attached hydrogens (tertiary/aromatic N) is 5. The van der Waals surface area contributed by atoms with E-state index in [4.69, 9.17) is 4.74 Å². The summed E-state index contributed by atoms with van der Waals surface area (Å²) in [6.45, 7) is 5.96. The Balaban J connectivity index is 1.48. The third-order valence-electron chi connectivity index (χ3n) is 5.57. The molecule has 1 aliphatic heterocycles. The molecular formula is C22H25N5O3S. The van der Waals surface area contributed by atoms with Gasteiger partial charge in [0.25, 0.3) is 11.7 Å². The molecule has 31 heavy (non-hydrogen) atoms. The second kappa shape index (κ2) is 8.66. The van der Waals surface area contributed by atoms with Gasteiger partial charge in [0, 0.05) is 29.2 Å². The monoisotopic (exact) mass is 439 g/mol. The summed E-state index contributed by atoms with van der Waals surface area (Å²) in [5, 5.41) is 5.03. The first-order valence-corrected chi connectivity index (χ1v) is 11.5. The molecule has 3 aromatic rings. The first-order chi connectivity index (χ1) is 14.9. The molecule has 0 aliphatic carbocycles. The molecule has 1 aromatic carbocycles. The van der Waals surface area contributed by atoms with Gasteiger partial charge in [-0.05, 0) is 51.5 Å². The predicted octanol–water partition coefficient (Wildman–Crippen LogP) is 2.92. The van der Waals surface area contributed by atoms with Crippen molar-refractivity contribution in [2.75, 3.05) is 17.7 Å². The fourth-order valence-corrected chi connectivity index (χ4v) is 4.28. The molecule has 0 fully saturated rings. The van der Waals surface area contributed by atoms with Gasteiger partial charge in [0.05, 0.1) is 6.42 Å². The minimum Gasteiger partial charge on any atom is -0.452 e. The Bertz CT molecular complexity index is 1160. The normalized spacial score (nSPS) is 14.4. The Kier molecular flexibility index (Phi) is 5.95. The highest BCUT2D eigenvalue weighted by Gasteiger charge is 2.28. The standard InChI is InChI=1S/C22H25N5O3S/c1-13-17(14(2)27-21(23-13)24-22(25-27)31-4)12-19(28)30-15(3)20(29)26-11-7-9-16-8-5-6-10-18(16)26/h5-6,8,10,15H,7,9,11-12H2,1-4H3/t15-/m1/s1. The van der Waals surface area contributed by atoms with Crippen LogP contribution in [0.15, 0.2) is 29.4 Å². The van der Waals surface area contributed by atoms with Crippen LogP contribution in [0.25, 0.3) is 5.78 Å². The van der Waals surface area contributed by atoms with Gasteiger partial charge in [-0.15, -0.1) is 5.10 Å². The van der Waals surface area contributed by atoms with Gasteiger partial charge < -0.3 is 9.64 Å². The van der Waals surface area contributed by atoms with E-state index in [-0.39, 0.29) is 12.3 Å². The average Bonchev–Trinajstić information content (AvgIpc) is 3.19. The van der Waals surface area contributed by atoms with Gasteiger partial charge in [-0.3, -0.25) is 9.59 Å². The Morgan fingerprint density at radius 2 is 2.00 bits per heavy atom. The summed E-state index contributed by atoms with van der Waals surface area (Å²) >= 11 is 1.43. The van der Waals surface area contributed by atoms with E-state index in [0.717, 1.165) is 35.3 Å². The van der Waals surface area contributed by atoms with Crippen LogP contribution in [0.1, 0.15) is 35.9 Å². The largest absolute Gasteiger partial charge is 0.452 e. The van der Waals surface area contributed by atoms with Gasteiger partial charge in [0.2, 0.25) is 5.16 Å². The highest BCUT2D eigenvalue weighted by molar-refractivity contribution is 7.98. The van der Waals surface area contributed by atoms with Crippen LogP contribution < -0.4 is 4.90 Å². The second-order valence-electron chi connectivity index (χ2n) is 7.60. The number of carbonyl (C=O) groups is 2. The molecule has 0 bridgehead atoms. The zero-order chi connectivity index (χ0) is 22.1. The van der Waals surface area contributed by atoms with E-state index in [2.05, 4.69) is 15.1 Å². The van der Waals surface area contributed by atoms with E-state index >= 15 is 0 Å². The van der Waals surface area contributed by atoms with Crippen molar-refractivity contribution >= 4 is 35.1 Å². The molecule has 1 atom stereocenters. The minimum absolute atomic E-state index is 0.0171. The van der Waals surface area contributed by atoms with Crippen molar-refractivity contribution in [1.82, 2.24) is 19.6 Å². The number of fused-ring (bicyclic) bond motifs is 2. The molecular weight excluding hydrogens is 414 g/mol. The van der Waals surface area contributed by atoms with Gasteiger partial charge in [-0.25, -0.2) is 9.50 Å². The minimum atomic E-state index is -0.870. The number of amides is 1. The van der Waals surface area contributed by atoms with Crippen molar-refractivity contribution in [3.8, 4) is 0 Å². The maximum absolute atomic E-state index is 13.0. The third kappa shape index (κ3) is 4.14. The molecule has 0 saturated heterocycles. The molecule has 2 aromatic heterocycles. The number of carbonyl (C=O) groups excluding carboxylic acids is 2.